The third kappa shape index (κ3) is 2.34. The minimum Gasteiger partial charge on any atom is -0.467 e. The molecule has 0 aromatic heterocycles. The molecule has 1 fully saturated rings. The predicted octanol–water partition coefficient (Wildman–Crippen LogP) is 3.06. The molecule has 1 aliphatic rings. The van der Waals surface area contributed by atoms with Gasteiger partial charge in [0.05, 0.1) is 13.2 Å². The number of hydrogen-bond donors (Lipinski definition) is 0. The van der Waals surface area contributed by atoms with Crippen LogP contribution in [0.15, 0.2) is 42.5 Å². The van der Waals surface area contributed by atoms with E-state index >= 15 is 0 Å². The second-order valence-electron chi connectivity index (χ2n) is 5.62. The molecule has 2 aromatic rings. The zero-order chi connectivity index (χ0) is 15.7. The topological polar surface area (TPSA) is 46.6 Å². The van der Waals surface area contributed by atoms with Crippen LogP contribution in [0, 0.1) is 0 Å². The second kappa shape index (κ2) is 5.79. The Balaban J connectivity index is 2.02. The highest BCUT2D eigenvalue weighted by molar-refractivity contribution is 5.90. The van der Waals surface area contributed by atoms with E-state index in [1.54, 1.807) is 4.90 Å². The van der Waals surface area contributed by atoms with Crippen molar-refractivity contribution in [3.05, 3.63) is 48.0 Å². The monoisotopic (exact) mass is 297 g/mol. The van der Waals surface area contributed by atoms with Crippen molar-refractivity contribution < 1.29 is 14.3 Å². The highest BCUT2D eigenvalue weighted by Crippen LogP contribution is 2.34. The number of fused-ring (bicyclic) bond motifs is 1. The normalized spacial score (nSPS) is 19.5. The fourth-order valence-electron chi connectivity index (χ4n) is 3.32. The van der Waals surface area contributed by atoms with Crippen molar-refractivity contribution >= 4 is 22.6 Å². The average molecular weight is 297 g/mol. The van der Waals surface area contributed by atoms with Crippen molar-refractivity contribution in [2.24, 2.45) is 0 Å². The van der Waals surface area contributed by atoms with E-state index in [-0.39, 0.29) is 17.9 Å². The summed E-state index contributed by atoms with van der Waals surface area (Å²) in [6.45, 7) is 1.97. The zero-order valence-corrected chi connectivity index (χ0v) is 12.8. The predicted molar refractivity (Wildman–Crippen MR) is 84.2 cm³/mol. The number of methoxy groups -OCH3 is 1. The summed E-state index contributed by atoms with van der Waals surface area (Å²) >= 11 is 0. The summed E-state index contributed by atoms with van der Waals surface area (Å²) in [5.41, 5.74) is 1.06. The summed E-state index contributed by atoms with van der Waals surface area (Å²) < 4.78 is 4.85. The number of carbonyl (C=O) groups is 2. The Kier molecular flexibility index (Phi) is 3.84. The molecule has 2 unspecified atom stereocenters. The van der Waals surface area contributed by atoms with Crippen LogP contribution in [0.2, 0.25) is 0 Å². The molecule has 2 atom stereocenters. The van der Waals surface area contributed by atoms with E-state index in [9.17, 15) is 9.59 Å². The molecule has 0 bridgehead atoms. The minimum absolute atomic E-state index is 0.0100. The molecule has 0 saturated carbocycles. The van der Waals surface area contributed by atoms with Crippen molar-refractivity contribution in [2.75, 3.05) is 7.11 Å². The summed E-state index contributed by atoms with van der Waals surface area (Å²) in [7, 11) is 1.37. The smallest absolute Gasteiger partial charge is 0.328 e. The molecule has 0 radical (unpaired) electrons. The molecule has 0 aliphatic carbocycles. The molecular weight excluding hydrogens is 278 g/mol. The van der Waals surface area contributed by atoms with Crippen LogP contribution in [-0.4, -0.2) is 29.9 Å². The van der Waals surface area contributed by atoms with Crippen LogP contribution in [0.3, 0.4) is 0 Å². The molecule has 1 saturated heterocycles. The highest BCUT2D eigenvalue weighted by atomic mass is 16.5. The lowest BCUT2D eigenvalue weighted by atomic mass is 9.98. The third-order valence-corrected chi connectivity index (χ3v) is 4.42. The molecule has 3 rings (SSSR count). The zero-order valence-electron chi connectivity index (χ0n) is 12.8. The van der Waals surface area contributed by atoms with E-state index in [0.717, 1.165) is 16.3 Å². The summed E-state index contributed by atoms with van der Waals surface area (Å²) in [6.07, 6.45) is 0.926. The maximum Gasteiger partial charge on any atom is 0.328 e. The molecule has 4 nitrogen and oxygen atoms in total. The SMILES string of the molecule is COC(=O)C1CCC(=O)N1C(C)c1cccc2ccccc12. The van der Waals surface area contributed by atoms with Gasteiger partial charge in [-0.3, -0.25) is 4.79 Å². The Morgan fingerprint density at radius 1 is 1.23 bits per heavy atom. The summed E-state index contributed by atoms with van der Waals surface area (Å²) in [5, 5.41) is 2.24. The van der Waals surface area contributed by atoms with Crippen LogP contribution in [0.4, 0.5) is 0 Å². The van der Waals surface area contributed by atoms with E-state index in [2.05, 4.69) is 18.2 Å². The number of nitrogens with zero attached hydrogens (tertiary/aromatic N) is 1. The van der Waals surface area contributed by atoms with Gasteiger partial charge in [0.2, 0.25) is 5.91 Å². The Bertz CT molecular complexity index is 720. The first-order valence-corrected chi connectivity index (χ1v) is 7.50. The van der Waals surface area contributed by atoms with Crippen LogP contribution >= 0.6 is 0 Å². The molecule has 2 aromatic carbocycles. The Labute approximate surface area is 129 Å². The first kappa shape index (κ1) is 14.6. The van der Waals surface area contributed by atoms with E-state index in [4.69, 9.17) is 4.74 Å². The van der Waals surface area contributed by atoms with Gasteiger partial charge in [0, 0.05) is 6.42 Å². The highest BCUT2D eigenvalue weighted by Gasteiger charge is 2.40. The van der Waals surface area contributed by atoms with Gasteiger partial charge in [-0.2, -0.15) is 0 Å². The van der Waals surface area contributed by atoms with Crippen molar-refractivity contribution in [1.29, 1.82) is 0 Å². The van der Waals surface area contributed by atoms with E-state index < -0.39 is 6.04 Å². The first-order valence-electron chi connectivity index (χ1n) is 7.50. The molecule has 1 heterocycles. The fourth-order valence-corrected chi connectivity index (χ4v) is 3.32. The second-order valence-corrected chi connectivity index (χ2v) is 5.62. The quantitative estimate of drug-likeness (QED) is 0.818. The number of esters is 1. The Morgan fingerprint density at radius 3 is 2.73 bits per heavy atom. The van der Waals surface area contributed by atoms with Gasteiger partial charge in [0.25, 0.3) is 0 Å². The first-order chi connectivity index (χ1) is 10.6. The van der Waals surface area contributed by atoms with Gasteiger partial charge in [-0.25, -0.2) is 4.79 Å². The largest absolute Gasteiger partial charge is 0.467 e. The van der Waals surface area contributed by atoms with Gasteiger partial charge < -0.3 is 9.64 Å². The summed E-state index contributed by atoms with van der Waals surface area (Å²) in [5.74, 6) is -0.325. The van der Waals surface area contributed by atoms with Gasteiger partial charge in [0.1, 0.15) is 6.04 Å². The van der Waals surface area contributed by atoms with E-state index in [1.165, 1.54) is 7.11 Å². The van der Waals surface area contributed by atoms with Gasteiger partial charge in [-0.1, -0.05) is 42.5 Å². The lowest BCUT2D eigenvalue weighted by Gasteiger charge is -2.30. The van der Waals surface area contributed by atoms with Crippen LogP contribution in [0.5, 0.6) is 0 Å². The lowest BCUT2D eigenvalue weighted by Crippen LogP contribution is -2.40. The van der Waals surface area contributed by atoms with Crippen LogP contribution in [-0.2, 0) is 14.3 Å². The van der Waals surface area contributed by atoms with Gasteiger partial charge in [0.15, 0.2) is 0 Å². The number of ether oxygens (including phenoxy) is 1. The van der Waals surface area contributed by atoms with Crippen LogP contribution < -0.4 is 0 Å². The van der Waals surface area contributed by atoms with Crippen LogP contribution in [0.25, 0.3) is 10.8 Å². The number of likely N-dealkylation sites (tertiary alicyclic amines) is 1. The molecule has 114 valence electrons. The lowest BCUT2D eigenvalue weighted by molar-refractivity contribution is -0.150. The maximum absolute atomic E-state index is 12.3. The third-order valence-electron chi connectivity index (χ3n) is 4.42. The minimum atomic E-state index is -0.480. The molecule has 4 heteroatoms. The van der Waals surface area contributed by atoms with E-state index in [1.807, 2.05) is 31.2 Å². The fraction of sp³-hybridized carbons (Fsp3) is 0.333. The van der Waals surface area contributed by atoms with E-state index in [0.29, 0.717) is 12.8 Å². The molecule has 0 spiro atoms. The van der Waals surface area contributed by atoms with Gasteiger partial charge >= 0.3 is 5.97 Å². The standard InChI is InChI=1S/C18H19NO3/c1-12(19-16(18(21)22-2)10-11-17(19)20)14-9-5-7-13-6-3-4-8-15(13)14/h3-9,12,16H,10-11H2,1-2H3. The number of rotatable bonds is 3. The van der Waals surface area contributed by atoms with Crippen molar-refractivity contribution in [1.82, 2.24) is 4.90 Å². The Hall–Kier alpha value is -2.36. The Morgan fingerprint density at radius 2 is 1.95 bits per heavy atom. The van der Waals surface area contributed by atoms with Crippen molar-refractivity contribution in [3.63, 3.8) is 0 Å². The van der Waals surface area contributed by atoms with Crippen molar-refractivity contribution in [3.8, 4) is 0 Å². The van der Waals surface area contributed by atoms with Gasteiger partial charge in [-0.05, 0) is 29.7 Å². The molecule has 0 N–H and O–H groups in total. The number of carbonyl (C=O) groups excluding carboxylic acids is 2. The summed E-state index contributed by atoms with van der Waals surface area (Å²) in [6, 6.07) is 13.5. The molecule has 1 amide bonds. The molecule has 1 aliphatic heterocycles. The van der Waals surface area contributed by atoms with Crippen molar-refractivity contribution in [2.45, 2.75) is 31.8 Å². The molecule has 22 heavy (non-hydrogen) atoms. The molecular formula is C18H19NO3. The average Bonchev–Trinajstić information content (AvgIpc) is 2.94. The number of benzene rings is 2. The number of hydrogen-bond acceptors (Lipinski definition) is 3. The maximum atomic E-state index is 12.3. The van der Waals surface area contributed by atoms with Gasteiger partial charge in [-0.15, -0.1) is 0 Å². The summed E-state index contributed by atoms with van der Waals surface area (Å²) in [4.78, 5) is 25.9. The van der Waals surface area contributed by atoms with Crippen LogP contribution in [0.1, 0.15) is 31.4 Å². The number of amides is 1.